The molecule has 0 atom stereocenters. The Morgan fingerprint density at radius 3 is 2.82 bits per heavy atom. The number of ether oxygens (including phenoxy) is 1. The van der Waals surface area contributed by atoms with E-state index >= 15 is 0 Å². The fraction of sp³-hybridized carbons (Fsp3) is 0.222. The summed E-state index contributed by atoms with van der Waals surface area (Å²) in [5, 5.41) is 8.24. The monoisotopic (exact) mass is 147 g/mol. The first-order valence-corrected chi connectivity index (χ1v) is 3.40. The Hall–Kier alpha value is -1.49. The smallest absolute Gasteiger partial charge is 0.174 e. The second-order valence-corrected chi connectivity index (χ2v) is 2.21. The number of para-hydroxylation sites is 1. The minimum atomic E-state index is 0.116. The molecular weight excluding hydrogens is 138 g/mol. The summed E-state index contributed by atoms with van der Waals surface area (Å²) < 4.78 is 5.12. The van der Waals surface area contributed by atoms with Crippen LogP contribution in [0.5, 0.6) is 5.75 Å². The number of nitrogens with zero attached hydrogens (tertiary/aromatic N) is 1. The molecule has 0 saturated heterocycles. The zero-order valence-electron chi connectivity index (χ0n) is 6.37. The molecule has 1 aromatic carbocycles. The van der Waals surface area contributed by atoms with Gasteiger partial charge < -0.3 is 4.74 Å². The van der Waals surface area contributed by atoms with Crippen molar-refractivity contribution >= 4 is 0 Å². The number of aryl methyl sites for hydroxylation is 1. The van der Waals surface area contributed by atoms with Crippen molar-refractivity contribution in [1.29, 1.82) is 5.26 Å². The lowest BCUT2D eigenvalue weighted by Crippen LogP contribution is -1.94. The summed E-state index contributed by atoms with van der Waals surface area (Å²) in [7, 11) is 0. The molecule has 0 bridgehead atoms. The van der Waals surface area contributed by atoms with Gasteiger partial charge in [0.1, 0.15) is 11.8 Å². The Balaban J connectivity index is 2.71. The lowest BCUT2D eigenvalue weighted by atomic mass is 10.2. The maximum Gasteiger partial charge on any atom is 0.174 e. The molecule has 0 heterocycles. The van der Waals surface area contributed by atoms with Crippen molar-refractivity contribution < 1.29 is 4.74 Å². The molecule has 0 aromatic heterocycles. The third-order valence-electron chi connectivity index (χ3n) is 1.39. The van der Waals surface area contributed by atoms with Crippen LogP contribution in [0.3, 0.4) is 0 Å². The highest BCUT2D eigenvalue weighted by Gasteiger charge is 1.94. The largest absolute Gasteiger partial charge is 0.478 e. The van der Waals surface area contributed by atoms with E-state index in [0.29, 0.717) is 0 Å². The third-order valence-corrected chi connectivity index (χ3v) is 1.39. The zero-order valence-corrected chi connectivity index (χ0v) is 6.37. The first-order valence-electron chi connectivity index (χ1n) is 3.40. The van der Waals surface area contributed by atoms with Crippen molar-refractivity contribution in [3.63, 3.8) is 0 Å². The summed E-state index contributed by atoms with van der Waals surface area (Å²) in [5.74, 6) is 0.786. The number of hydrogen-bond acceptors (Lipinski definition) is 2. The van der Waals surface area contributed by atoms with Crippen molar-refractivity contribution in [2.24, 2.45) is 0 Å². The van der Waals surface area contributed by atoms with Gasteiger partial charge in [-0.25, -0.2) is 0 Å². The Bertz CT molecular complexity index is 275. The van der Waals surface area contributed by atoms with E-state index in [1.807, 2.05) is 37.3 Å². The predicted molar refractivity (Wildman–Crippen MR) is 42.3 cm³/mol. The van der Waals surface area contributed by atoms with Gasteiger partial charge in [-0.05, 0) is 18.6 Å². The number of hydrogen-bond donors (Lipinski definition) is 0. The minimum Gasteiger partial charge on any atom is -0.478 e. The van der Waals surface area contributed by atoms with E-state index in [9.17, 15) is 0 Å². The van der Waals surface area contributed by atoms with Gasteiger partial charge in [0.05, 0.1) is 0 Å². The number of rotatable bonds is 2. The molecule has 0 amide bonds. The second kappa shape index (κ2) is 3.62. The standard InChI is InChI=1S/C9H9NO/c1-8-4-2-3-5-9(8)11-7-6-10/h2-5H,7H2,1H3. The number of nitriles is 1. The molecule has 1 aromatic rings. The Morgan fingerprint density at radius 1 is 1.45 bits per heavy atom. The zero-order chi connectivity index (χ0) is 8.10. The van der Waals surface area contributed by atoms with Crippen LogP contribution < -0.4 is 4.74 Å². The van der Waals surface area contributed by atoms with Crippen LogP contribution in [0, 0.1) is 18.3 Å². The van der Waals surface area contributed by atoms with E-state index < -0.39 is 0 Å². The molecular formula is C9H9NO. The van der Waals surface area contributed by atoms with Gasteiger partial charge in [-0.15, -0.1) is 0 Å². The van der Waals surface area contributed by atoms with Crippen LogP contribution in [-0.4, -0.2) is 6.61 Å². The van der Waals surface area contributed by atoms with E-state index in [-0.39, 0.29) is 6.61 Å². The van der Waals surface area contributed by atoms with E-state index in [0.717, 1.165) is 11.3 Å². The van der Waals surface area contributed by atoms with Crippen LogP contribution in [0.15, 0.2) is 24.3 Å². The number of benzene rings is 1. The van der Waals surface area contributed by atoms with Gasteiger partial charge in [0, 0.05) is 0 Å². The normalized spacial score (nSPS) is 8.73. The van der Waals surface area contributed by atoms with Crippen LogP contribution in [0.25, 0.3) is 0 Å². The molecule has 0 aliphatic rings. The predicted octanol–water partition coefficient (Wildman–Crippen LogP) is 1.90. The Morgan fingerprint density at radius 2 is 2.18 bits per heavy atom. The fourth-order valence-electron chi connectivity index (χ4n) is 0.828. The van der Waals surface area contributed by atoms with Crippen LogP contribution in [0.1, 0.15) is 5.56 Å². The Labute approximate surface area is 66.0 Å². The second-order valence-electron chi connectivity index (χ2n) is 2.21. The molecule has 0 saturated carbocycles. The van der Waals surface area contributed by atoms with Gasteiger partial charge in [0.2, 0.25) is 0 Å². The highest BCUT2D eigenvalue weighted by Crippen LogP contribution is 2.15. The maximum atomic E-state index is 8.24. The quantitative estimate of drug-likeness (QED) is 0.640. The summed E-state index contributed by atoms with van der Waals surface area (Å²) in [4.78, 5) is 0. The summed E-state index contributed by atoms with van der Waals surface area (Å²) in [5.41, 5.74) is 1.06. The van der Waals surface area contributed by atoms with Gasteiger partial charge in [0.25, 0.3) is 0 Å². The van der Waals surface area contributed by atoms with Crippen LogP contribution in [-0.2, 0) is 0 Å². The molecule has 0 radical (unpaired) electrons. The van der Waals surface area contributed by atoms with Crippen molar-refractivity contribution in [2.75, 3.05) is 6.61 Å². The molecule has 2 heteroatoms. The van der Waals surface area contributed by atoms with Gasteiger partial charge in [-0.3, -0.25) is 0 Å². The summed E-state index contributed by atoms with van der Waals surface area (Å²) >= 11 is 0. The van der Waals surface area contributed by atoms with E-state index in [1.54, 1.807) is 0 Å². The summed E-state index contributed by atoms with van der Waals surface area (Å²) in [6.45, 7) is 2.07. The van der Waals surface area contributed by atoms with E-state index in [2.05, 4.69) is 0 Å². The van der Waals surface area contributed by atoms with Gasteiger partial charge >= 0.3 is 0 Å². The highest BCUT2D eigenvalue weighted by molar-refractivity contribution is 5.31. The first-order chi connectivity index (χ1) is 5.34. The molecule has 0 N–H and O–H groups in total. The van der Waals surface area contributed by atoms with Crippen molar-refractivity contribution in [1.82, 2.24) is 0 Å². The first kappa shape index (κ1) is 7.62. The molecule has 0 aliphatic carbocycles. The topological polar surface area (TPSA) is 33.0 Å². The Kier molecular flexibility index (Phi) is 2.51. The van der Waals surface area contributed by atoms with Crippen molar-refractivity contribution in [3.8, 4) is 11.8 Å². The van der Waals surface area contributed by atoms with Gasteiger partial charge in [-0.1, -0.05) is 18.2 Å². The van der Waals surface area contributed by atoms with Crippen molar-refractivity contribution in [2.45, 2.75) is 6.92 Å². The average Bonchev–Trinajstić information content (AvgIpc) is 2.03. The van der Waals surface area contributed by atoms with Crippen LogP contribution in [0.4, 0.5) is 0 Å². The molecule has 56 valence electrons. The molecule has 11 heavy (non-hydrogen) atoms. The molecule has 1 rings (SSSR count). The molecule has 0 fully saturated rings. The summed E-state index contributed by atoms with van der Waals surface area (Å²) in [6.07, 6.45) is 0. The fourth-order valence-corrected chi connectivity index (χ4v) is 0.828. The molecule has 2 nitrogen and oxygen atoms in total. The van der Waals surface area contributed by atoms with Crippen molar-refractivity contribution in [3.05, 3.63) is 29.8 Å². The highest BCUT2D eigenvalue weighted by atomic mass is 16.5. The van der Waals surface area contributed by atoms with E-state index in [4.69, 9.17) is 10.00 Å². The minimum absolute atomic E-state index is 0.116. The van der Waals surface area contributed by atoms with Gasteiger partial charge in [-0.2, -0.15) is 5.26 Å². The van der Waals surface area contributed by atoms with Crippen LogP contribution >= 0.6 is 0 Å². The lowest BCUT2D eigenvalue weighted by molar-refractivity contribution is 0.365. The lowest BCUT2D eigenvalue weighted by Gasteiger charge is -2.03. The SMILES string of the molecule is Cc1ccccc1OCC#N. The molecule has 0 spiro atoms. The summed E-state index contributed by atoms with van der Waals surface area (Å²) in [6, 6.07) is 9.55. The van der Waals surface area contributed by atoms with Gasteiger partial charge in [0.15, 0.2) is 6.61 Å². The molecule has 0 aliphatic heterocycles. The van der Waals surface area contributed by atoms with E-state index in [1.165, 1.54) is 0 Å². The average molecular weight is 147 g/mol. The third kappa shape index (κ3) is 1.98. The van der Waals surface area contributed by atoms with Crippen LogP contribution in [0.2, 0.25) is 0 Å². The molecule has 0 unspecified atom stereocenters. The maximum absolute atomic E-state index is 8.24.